The minimum atomic E-state index is 0.385. The third-order valence-corrected chi connectivity index (χ3v) is 4.98. The van der Waals surface area contributed by atoms with E-state index in [9.17, 15) is 0 Å². The molecule has 0 radical (unpaired) electrons. The Morgan fingerprint density at radius 3 is 2.27 bits per heavy atom. The van der Waals surface area contributed by atoms with Crippen molar-refractivity contribution in [2.75, 3.05) is 6.54 Å². The monoisotopic (exact) mass is 340 g/mol. The van der Waals surface area contributed by atoms with Gasteiger partial charge in [0.2, 0.25) is 0 Å². The molecule has 0 spiro atoms. The smallest absolute Gasteiger partial charge is 0.0457 e. The van der Waals surface area contributed by atoms with E-state index in [1.54, 1.807) is 0 Å². The van der Waals surface area contributed by atoms with Crippen LogP contribution in [0.5, 0.6) is 0 Å². The SMILES string of the molecule is c1ccc(CNCCC(c2ccccc2)c2c[nH]c3ccccc23)cc1. The maximum Gasteiger partial charge on any atom is 0.0457 e. The van der Waals surface area contributed by atoms with Crippen LogP contribution in [0.4, 0.5) is 0 Å². The number of aromatic amines is 1. The average molecular weight is 340 g/mol. The summed E-state index contributed by atoms with van der Waals surface area (Å²) in [6.45, 7) is 1.89. The number of para-hydroxylation sites is 1. The molecule has 4 rings (SSSR count). The summed E-state index contributed by atoms with van der Waals surface area (Å²) >= 11 is 0. The molecule has 0 aliphatic carbocycles. The molecule has 0 bridgehead atoms. The summed E-state index contributed by atoms with van der Waals surface area (Å²) < 4.78 is 0. The van der Waals surface area contributed by atoms with E-state index in [2.05, 4.69) is 101 Å². The van der Waals surface area contributed by atoms with Gasteiger partial charge in [0.05, 0.1) is 0 Å². The molecular weight excluding hydrogens is 316 g/mol. The molecule has 0 aliphatic rings. The second kappa shape index (κ2) is 8.03. The van der Waals surface area contributed by atoms with E-state index in [4.69, 9.17) is 0 Å². The van der Waals surface area contributed by atoms with E-state index in [1.807, 2.05) is 0 Å². The van der Waals surface area contributed by atoms with Crippen LogP contribution in [0.25, 0.3) is 10.9 Å². The van der Waals surface area contributed by atoms with Gasteiger partial charge >= 0.3 is 0 Å². The Hall–Kier alpha value is -2.84. The Balaban J connectivity index is 1.52. The molecule has 26 heavy (non-hydrogen) atoms. The lowest BCUT2D eigenvalue weighted by atomic mass is 9.88. The fourth-order valence-electron chi connectivity index (χ4n) is 3.64. The number of rotatable bonds is 7. The van der Waals surface area contributed by atoms with Gasteiger partial charge in [0.1, 0.15) is 0 Å². The summed E-state index contributed by atoms with van der Waals surface area (Å²) in [4.78, 5) is 3.43. The maximum absolute atomic E-state index is 3.60. The quantitative estimate of drug-likeness (QED) is 0.428. The van der Waals surface area contributed by atoms with Crippen molar-refractivity contribution in [2.24, 2.45) is 0 Å². The summed E-state index contributed by atoms with van der Waals surface area (Å²) in [5.74, 6) is 0.385. The number of fused-ring (bicyclic) bond motifs is 1. The zero-order chi connectivity index (χ0) is 17.6. The standard InChI is InChI=1S/C24H24N2/c1-3-9-19(10-4-1)17-25-16-15-21(20-11-5-2-6-12-20)23-18-26-24-14-8-7-13-22(23)24/h1-14,18,21,25-26H,15-17H2. The van der Waals surface area contributed by atoms with E-state index >= 15 is 0 Å². The van der Waals surface area contributed by atoms with Crippen LogP contribution in [-0.4, -0.2) is 11.5 Å². The molecule has 2 N–H and O–H groups in total. The first kappa shape index (κ1) is 16.6. The lowest BCUT2D eigenvalue weighted by molar-refractivity contribution is 0.613. The van der Waals surface area contributed by atoms with Crippen LogP contribution in [0.2, 0.25) is 0 Å². The van der Waals surface area contributed by atoms with Crippen molar-refractivity contribution in [3.8, 4) is 0 Å². The van der Waals surface area contributed by atoms with Crippen molar-refractivity contribution < 1.29 is 0 Å². The van der Waals surface area contributed by atoms with Gasteiger partial charge in [-0.05, 0) is 35.7 Å². The van der Waals surface area contributed by atoms with Gasteiger partial charge < -0.3 is 10.3 Å². The molecule has 2 nitrogen and oxygen atoms in total. The zero-order valence-corrected chi connectivity index (χ0v) is 14.9. The summed E-state index contributed by atoms with van der Waals surface area (Å²) in [5, 5.41) is 4.93. The van der Waals surface area contributed by atoms with Gasteiger partial charge in [0.15, 0.2) is 0 Å². The second-order valence-electron chi connectivity index (χ2n) is 6.70. The van der Waals surface area contributed by atoms with Gasteiger partial charge in [-0.3, -0.25) is 0 Å². The van der Waals surface area contributed by atoms with Crippen LogP contribution in [0.3, 0.4) is 0 Å². The van der Waals surface area contributed by atoms with E-state index in [1.165, 1.54) is 27.6 Å². The van der Waals surface area contributed by atoms with Crippen molar-refractivity contribution in [2.45, 2.75) is 18.9 Å². The highest BCUT2D eigenvalue weighted by molar-refractivity contribution is 5.84. The Labute approximate surface area is 154 Å². The van der Waals surface area contributed by atoms with Crippen LogP contribution in [0, 0.1) is 0 Å². The summed E-state index contributed by atoms with van der Waals surface area (Å²) in [5.41, 5.74) is 5.30. The third kappa shape index (κ3) is 3.71. The summed E-state index contributed by atoms with van der Waals surface area (Å²) in [7, 11) is 0. The van der Waals surface area contributed by atoms with Gasteiger partial charge in [-0.1, -0.05) is 78.9 Å². The van der Waals surface area contributed by atoms with Crippen LogP contribution >= 0.6 is 0 Å². The Bertz CT molecular complexity index is 942. The van der Waals surface area contributed by atoms with Gasteiger partial charge in [0, 0.05) is 29.6 Å². The highest BCUT2D eigenvalue weighted by atomic mass is 14.8. The van der Waals surface area contributed by atoms with Gasteiger partial charge in [-0.25, -0.2) is 0 Å². The number of aromatic nitrogens is 1. The number of nitrogens with one attached hydrogen (secondary N) is 2. The second-order valence-corrected chi connectivity index (χ2v) is 6.70. The minimum absolute atomic E-state index is 0.385. The first-order chi connectivity index (χ1) is 12.9. The molecule has 3 aromatic carbocycles. The van der Waals surface area contributed by atoms with Crippen LogP contribution in [0.15, 0.2) is 91.1 Å². The highest BCUT2D eigenvalue weighted by Gasteiger charge is 2.17. The van der Waals surface area contributed by atoms with E-state index in [-0.39, 0.29) is 0 Å². The Morgan fingerprint density at radius 1 is 0.769 bits per heavy atom. The molecule has 1 heterocycles. The van der Waals surface area contributed by atoms with Gasteiger partial charge in [-0.15, -0.1) is 0 Å². The molecule has 0 saturated carbocycles. The highest BCUT2D eigenvalue weighted by Crippen LogP contribution is 2.33. The van der Waals surface area contributed by atoms with Crippen LogP contribution in [0.1, 0.15) is 29.0 Å². The molecule has 0 amide bonds. The van der Waals surface area contributed by atoms with E-state index < -0.39 is 0 Å². The van der Waals surface area contributed by atoms with Crippen LogP contribution < -0.4 is 5.32 Å². The molecule has 4 aromatic rings. The fraction of sp³-hybridized carbons (Fsp3) is 0.167. The van der Waals surface area contributed by atoms with Crippen LogP contribution in [-0.2, 0) is 6.54 Å². The molecular formula is C24H24N2. The molecule has 1 aromatic heterocycles. The number of H-pyrrole nitrogens is 1. The van der Waals surface area contributed by atoms with Crippen molar-refractivity contribution in [1.82, 2.24) is 10.3 Å². The van der Waals surface area contributed by atoms with Crippen molar-refractivity contribution in [3.05, 3.63) is 108 Å². The lowest BCUT2D eigenvalue weighted by Gasteiger charge is -2.18. The normalized spacial score (nSPS) is 12.3. The topological polar surface area (TPSA) is 27.8 Å². The van der Waals surface area contributed by atoms with Gasteiger partial charge in [0.25, 0.3) is 0 Å². The van der Waals surface area contributed by atoms with E-state index in [0.717, 1.165) is 19.5 Å². The largest absolute Gasteiger partial charge is 0.361 e. The molecule has 1 atom stereocenters. The number of hydrogen-bond acceptors (Lipinski definition) is 1. The number of hydrogen-bond donors (Lipinski definition) is 2. The lowest BCUT2D eigenvalue weighted by Crippen LogP contribution is -2.17. The molecule has 2 heteroatoms. The fourth-order valence-corrected chi connectivity index (χ4v) is 3.64. The molecule has 0 saturated heterocycles. The van der Waals surface area contributed by atoms with Gasteiger partial charge in [-0.2, -0.15) is 0 Å². The Kier molecular flexibility index (Phi) is 5.13. The van der Waals surface area contributed by atoms with E-state index in [0.29, 0.717) is 5.92 Å². The predicted molar refractivity (Wildman–Crippen MR) is 109 cm³/mol. The zero-order valence-electron chi connectivity index (χ0n) is 14.9. The molecule has 0 fully saturated rings. The first-order valence-electron chi connectivity index (χ1n) is 9.27. The molecule has 130 valence electrons. The summed E-state index contributed by atoms with van der Waals surface area (Å²) in [6, 6.07) is 30.0. The Morgan fingerprint density at radius 2 is 1.46 bits per heavy atom. The first-order valence-corrected chi connectivity index (χ1v) is 9.27. The number of benzene rings is 3. The summed E-state index contributed by atoms with van der Waals surface area (Å²) in [6.07, 6.45) is 3.25. The molecule has 1 unspecified atom stereocenters. The van der Waals surface area contributed by atoms with Crippen molar-refractivity contribution in [1.29, 1.82) is 0 Å². The van der Waals surface area contributed by atoms with Crippen molar-refractivity contribution in [3.63, 3.8) is 0 Å². The maximum atomic E-state index is 3.60. The molecule has 0 aliphatic heterocycles. The third-order valence-electron chi connectivity index (χ3n) is 4.98. The predicted octanol–water partition coefficient (Wildman–Crippen LogP) is 5.48. The minimum Gasteiger partial charge on any atom is -0.361 e. The van der Waals surface area contributed by atoms with Crippen molar-refractivity contribution >= 4 is 10.9 Å². The average Bonchev–Trinajstić information content (AvgIpc) is 3.13.